The fourth-order valence-electron chi connectivity index (χ4n) is 6.58. The van der Waals surface area contributed by atoms with E-state index in [0.29, 0.717) is 40.2 Å². The minimum atomic E-state index is -1.21. The Balaban J connectivity index is 1.29. The first kappa shape index (κ1) is 28.7. The van der Waals surface area contributed by atoms with E-state index in [1.807, 2.05) is 48.5 Å². The number of esters is 1. The molecule has 0 spiro atoms. The Morgan fingerprint density at radius 1 is 0.911 bits per heavy atom. The van der Waals surface area contributed by atoms with E-state index in [2.05, 4.69) is 15.6 Å². The van der Waals surface area contributed by atoms with Crippen molar-refractivity contribution < 1.29 is 43.1 Å². The van der Waals surface area contributed by atoms with Crippen molar-refractivity contribution in [3.05, 3.63) is 77.1 Å². The first-order chi connectivity index (χ1) is 21.9. The lowest BCUT2D eigenvalue weighted by molar-refractivity contribution is -0.141. The molecular weight excluding hydrogens is 584 g/mol. The Bertz CT molecular complexity index is 1720. The number of cyclic esters (lactones) is 1. The van der Waals surface area contributed by atoms with Gasteiger partial charge in [0.2, 0.25) is 12.5 Å². The Hall–Kier alpha value is -5.01. The molecule has 0 amide bonds. The van der Waals surface area contributed by atoms with Crippen LogP contribution in [0.1, 0.15) is 40.6 Å². The van der Waals surface area contributed by atoms with Crippen LogP contribution in [0.2, 0.25) is 0 Å². The van der Waals surface area contributed by atoms with Crippen LogP contribution in [0.4, 0.5) is 0 Å². The Labute approximate surface area is 258 Å². The molecule has 1 aromatic heterocycles. The molecule has 3 aliphatic rings. The molecular formula is C32H32N4O9. The molecule has 1 fully saturated rings. The number of methoxy groups -OCH3 is 4. The number of aliphatic hydroxyl groups excluding tert-OH is 1. The van der Waals surface area contributed by atoms with E-state index in [9.17, 15) is 9.90 Å². The molecule has 5 atom stereocenters. The summed E-state index contributed by atoms with van der Waals surface area (Å²) in [5.74, 6) is 1.50. The van der Waals surface area contributed by atoms with Crippen LogP contribution >= 0.6 is 0 Å². The summed E-state index contributed by atoms with van der Waals surface area (Å²) in [6, 6.07) is 14.3. The third-order valence-corrected chi connectivity index (χ3v) is 8.70. The summed E-state index contributed by atoms with van der Waals surface area (Å²) in [6.07, 6.45) is 0.435. The minimum Gasteiger partial charge on any atom is -0.497 e. The first-order valence-electron chi connectivity index (χ1n) is 14.3. The molecule has 0 radical (unpaired) electrons. The standard InChI is InChI=1S/C32H32N4O9/c1-39-18-7-5-17(6-8-18)36-13-22(34-35-36)31(37)33-29-20-12-24-23(44-15-45-24)11-19(20)27(28-21(29)14-43-32(28)38)16-9-25(40-2)30(42-4)26(10-16)41-3/h5-13,21,27-29,31,33,37H,14-15H2,1-4H3/t21-,27+,28-,29+,31?/m0/s1. The average molecular weight is 617 g/mol. The van der Waals surface area contributed by atoms with Gasteiger partial charge >= 0.3 is 5.97 Å². The summed E-state index contributed by atoms with van der Waals surface area (Å²) in [5.41, 5.74) is 3.49. The number of nitrogens with zero attached hydrogens (tertiary/aromatic N) is 3. The highest BCUT2D eigenvalue weighted by molar-refractivity contribution is 5.79. The molecule has 1 unspecified atom stereocenters. The van der Waals surface area contributed by atoms with Crippen LogP contribution in [-0.2, 0) is 9.53 Å². The highest BCUT2D eigenvalue weighted by Crippen LogP contribution is 2.56. The molecule has 0 bridgehead atoms. The second-order valence-electron chi connectivity index (χ2n) is 10.9. The zero-order chi connectivity index (χ0) is 31.2. The van der Waals surface area contributed by atoms with Crippen LogP contribution in [0.5, 0.6) is 34.5 Å². The van der Waals surface area contributed by atoms with Crippen molar-refractivity contribution in [3.63, 3.8) is 0 Å². The molecule has 13 nitrogen and oxygen atoms in total. The number of carbonyl (C=O) groups excluding carboxylic acids is 1. The Morgan fingerprint density at radius 3 is 2.24 bits per heavy atom. The lowest BCUT2D eigenvalue weighted by Gasteiger charge is -2.40. The lowest BCUT2D eigenvalue weighted by atomic mass is 9.65. The van der Waals surface area contributed by atoms with Gasteiger partial charge in [0.05, 0.1) is 52.8 Å². The van der Waals surface area contributed by atoms with Crippen molar-refractivity contribution >= 4 is 5.97 Å². The first-order valence-corrected chi connectivity index (χ1v) is 14.3. The van der Waals surface area contributed by atoms with Crippen molar-refractivity contribution in [1.82, 2.24) is 20.3 Å². The largest absolute Gasteiger partial charge is 0.497 e. The molecule has 13 heteroatoms. The molecule has 45 heavy (non-hydrogen) atoms. The number of hydrogen-bond donors (Lipinski definition) is 2. The zero-order valence-corrected chi connectivity index (χ0v) is 25.1. The van der Waals surface area contributed by atoms with Gasteiger partial charge in [-0.15, -0.1) is 5.10 Å². The Morgan fingerprint density at radius 2 is 1.60 bits per heavy atom. The van der Waals surface area contributed by atoms with E-state index in [-0.39, 0.29) is 25.3 Å². The maximum atomic E-state index is 13.5. The number of fused-ring (bicyclic) bond motifs is 3. The van der Waals surface area contributed by atoms with Crippen LogP contribution in [0.15, 0.2) is 54.7 Å². The van der Waals surface area contributed by atoms with Gasteiger partial charge in [0.25, 0.3) is 0 Å². The number of aromatic nitrogens is 3. The lowest BCUT2D eigenvalue weighted by Crippen LogP contribution is -2.42. The molecule has 234 valence electrons. The molecule has 4 aromatic rings. The van der Waals surface area contributed by atoms with Gasteiger partial charge in [-0.25, -0.2) is 4.68 Å². The predicted octanol–water partition coefficient (Wildman–Crippen LogP) is 3.29. The van der Waals surface area contributed by atoms with Gasteiger partial charge in [-0.1, -0.05) is 5.21 Å². The monoisotopic (exact) mass is 616 g/mol. The van der Waals surface area contributed by atoms with Crippen molar-refractivity contribution in [2.45, 2.75) is 18.2 Å². The van der Waals surface area contributed by atoms with Gasteiger partial charge in [-0.3, -0.25) is 10.1 Å². The molecule has 1 saturated heterocycles. The molecule has 1 aliphatic carbocycles. The molecule has 2 N–H and O–H groups in total. The molecule has 0 saturated carbocycles. The van der Waals surface area contributed by atoms with Gasteiger partial charge in [0.15, 0.2) is 29.2 Å². The minimum absolute atomic E-state index is 0.0805. The van der Waals surface area contributed by atoms with Crippen molar-refractivity contribution in [2.75, 3.05) is 41.8 Å². The quantitative estimate of drug-likeness (QED) is 0.210. The number of nitrogens with one attached hydrogen (secondary N) is 1. The number of rotatable bonds is 9. The number of ether oxygens (including phenoxy) is 7. The maximum absolute atomic E-state index is 13.5. The van der Waals surface area contributed by atoms with Gasteiger partial charge in [0, 0.05) is 17.9 Å². The summed E-state index contributed by atoms with van der Waals surface area (Å²) in [4.78, 5) is 13.5. The van der Waals surface area contributed by atoms with E-state index in [4.69, 9.17) is 33.2 Å². The summed E-state index contributed by atoms with van der Waals surface area (Å²) in [6.45, 7) is 0.235. The predicted molar refractivity (Wildman–Crippen MR) is 157 cm³/mol. The van der Waals surface area contributed by atoms with Crippen molar-refractivity contribution in [2.24, 2.45) is 11.8 Å². The van der Waals surface area contributed by atoms with Gasteiger partial charge < -0.3 is 38.3 Å². The fourth-order valence-corrected chi connectivity index (χ4v) is 6.58. The van der Waals surface area contributed by atoms with Crippen molar-refractivity contribution in [1.29, 1.82) is 0 Å². The van der Waals surface area contributed by atoms with Gasteiger partial charge in [0.1, 0.15) is 11.4 Å². The maximum Gasteiger partial charge on any atom is 0.310 e. The summed E-state index contributed by atoms with van der Waals surface area (Å²) in [5, 5.41) is 23.2. The van der Waals surface area contributed by atoms with Crippen LogP contribution in [-0.4, -0.2) is 67.9 Å². The van der Waals surface area contributed by atoms with Crippen molar-refractivity contribution in [3.8, 4) is 40.2 Å². The number of carbonyl (C=O) groups is 1. The second-order valence-corrected chi connectivity index (χ2v) is 10.9. The third-order valence-electron chi connectivity index (χ3n) is 8.70. The fraction of sp³-hybridized carbons (Fsp3) is 0.344. The van der Waals surface area contributed by atoms with Crippen LogP contribution in [0.25, 0.3) is 5.69 Å². The van der Waals surface area contributed by atoms with E-state index in [0.717, 1.165) is 22.4 Å². The molecule has 2 aliphatic heterocycles. The summed E-state index contributed by atoms with van der Waals surface area (Å²) in [7, 11) is 6.24. The SMILES string of the molecule is COc1ccc(-n2cc(C(O)N[C@@H]3c4cc5c(cc4[C@@H](c4cc(OC)c(OC)c(OC)c4)[C@H]4C(=O)OC[C@@H]43)OCO5)nn2)cc1. The van der Waals surface area contributed by atoms with Gasteiger partial charge in [-0.05, 0) is 65.2 Å². The zero-order valence-electron chi connectivity index (χ0n) is 25.1. The van der Waals surface area contributed by atoms with E-state index in [1.165, 1.54) is 7.11 Å². The highest BCUT2D eigenvalue weighted by Gasteiger charge is 2.53. The number of hydrogen-bond acceptors (Lipinski definition) is 12. The smallest absolute Gasteiger partial charge is 0.310 e. The molecule has 7 rings (SSSR count). The van der Waals surface area contributed by atoms with Gasteiger partial charge in [-0.2, -0.15) is 0 Å². The average Bonchev–Trinajstić information content (AvgIpc) is 3.84. The van der Waals surface area contributed by atoms with E-state index >= 15 is 0 Å². The summed E-state index contributed by atoms with van der Waals surface area (Å²) >= 11 is 0. The van der Waals surface area contributed by atoms with Crippen LogP contribution in [0, 0.1) is 11.8 Å². The number of benzene rings is 3. The third kappa shape index (κ3) is 4.84. The Kier molecular flexibility index (Phi) is 7.34. The van der Waals surface area contributed by atoms with E-state index in [1.54, 1.807) is 32.2 Å². The topological polar surface area (TPSA) is 145 Å². The normalized spacial score (nSPS) is 21.8. The summed E-state index contributed by atoms with van der Waals surface area (Å²) < 4.78 is 40.8. The highest BCUT2D eigenvalue weighted by atomic mass is 16.7. The van der Waals surface area contributed by atoms with Crippen LogP contribution < -0.4 is 33.7 Å². The number of aliphatic hydroxyl groups is 1. The molecule has 3 aromatic carbocycles. The molecule has 3 heterocycles. The van der Waals surface area contributed by atoms with Crippen LogP contribution in [0.3, 0.4) is 0 Å². The van der Waals surface area contributed by atoms with E-state index < -0.39 is 24.1 Å². The second kappa shape index (κ2) is 11.5.